The largest absolute Gasteiger partial charge is 0.350 e. The summed E-state index contributed by atoms with van der Waals surface area (Å²) < 4.78 is 0. The van der Waals surface area contributed by atoms with Gasteiger partial charge in [0.05, 0.1) is 33.5 Å². The van der Waals surface area contributed by atoms with Crippen LogP contribution in [-0.4, -0.2) is 34.4 Å². The monoisotopic (exact) mass is 564 g/mol. The Hall–Kier alpha value is -5.36. The van der Waals surface area contributed by atoms with E-state index in [4.69, 9.17) is 9.97 Å². The molecule has 0 aliphatic heterocycles. The summed E-state index contributed by atoms with van der Waals surface area (Å²) in [5, 5.41) is 7.76. The molecule has 0 spiro atoms. The van der Waals surface area contributed by atoms with Crippen LogP contribution < -0.4 is 10.6 Å². The number of aromatic nitrogens is 2. The van der Waals surface area contributed by atoms with E-state index in [9.17, 15) is 9.59 Å². The highest BCUT2D eigenvalue weighted by Gasteiger charge is 2.22. The predicted octanol–water partition coefficient (Wildman–Crippen LogP) is 7.28. The summed E-state index contributed by atoms with van der Waals surface area (Å²) in [6.45, 7) is 6.02. The highest BCUT2D eigenvalue weighted by molar-refractivity contribution is 6.10. The first-order valence-corrected chi connectivity index (χ1v) is 14.4. The lowest BCUT2D eigenvalue weighted by Gasteiger charge is -2.19. The standard InChI is InChI=1S/C37H32N4O2/c1-23(39-37(43)33-25(3)35(27-16-8-5-9-17-27)41-31-21-13-11-19-29(31)33)22-38-36(42)32-24(2)34(26-14-6-4-7-15-26)40-30-20-12-10-18-28(30)32/h4-21,23H,22H2,1-3H3,(H,38,42)(H,39,43). The molecule has 2 heterocycles. The Morgan fingerprint density at radius 1 is 0.605 bits per heavy atom. The van der Waals surface area contributed by atoms with Crippen molar-refractivity contribution in [1.82, 2.24) is 20.6 Å². The number of hydrogen-bond donors (Lipinski definition) is 2. The van der Waals surface area contributed by atoms with Gasteiger partial charge in [-0.25, -0.2) is 9.97 Å². The molecule has 4 aromatic carbocycles. The number of pyridine rings is 2. The van der Waals surface area contributed by atoms with Crippen LogP contribution in [0.2, 0.25) is 0 Å². The van der Waals surface area contributed by atoms with E-state index in [1.54, 1.807) is 0 Å². The first kappa shape index (κ1) is 27.8. The van der Waals surface area contributed by atoms with Crippen molar-refractivity contribution in [3.63, 3.8) is 0 Å². The third-order valence-electron chi connectivity index (χ3n) is 7.77. The third-order valence-corrected chi connectivity index (χ3v) is 7.77. The van der Waals surface area contributed by atoms with E-state index in [1.165, 1.54) is 0 Å². The highest BCUT2D eigenvalue weighted by Crippen LogP contribution is 2.31. The fourth-order valence-electron chi connectivity index (χ4n) is 5.64. The Kier molecular flexibility index (Phi) is 7.67. The minimum atomic E-state index is -0.329. The van der Waals surface area contributed by atoms with Gasteiger partial charge in [0.25, 0.3) is 11.8 Å². The molecule has 0 saturated carbocycles. The summed E-state index contributed by atoms with van der Waals surface area (Å²) >= 11 is 0. The molecule has 6 heteroatoms. The summed E-state index contributed by atoms with van der Waals surface area (Å²) in [7, 11) is 0. The van der Waals surface area contributed by atoms with Crippen molar-refractivity contribution in [2.24, 2.45) is 0 Å². The summed E-state index contributed by atoms with van der Waals surface area (Å²) in [5.41, 5.74) is 7.78. The highest BCUT2D eigenvalue weighted by atomic mass is 16.2. The molecule has 0 saturated heterocycles. The molecule has 1 atom stereocenters. The van der Waals surface area contributed by atoms with E-state index in [1.807, 2.05) is 130 Å². The van der Waals surface area contributed by atoms with Gasteiger partial charge in [0.1, 0.15) is 0 Å². The maximum Gasteiger partial charge on any atom is 0.252 e. The number of carbonyl (C=O) groups excluding carboxylic acids is 2. The minimum absolute atomic E-state index is 0.202. The van der Waals surface area contributed by atoms with Crippen molar-refractivity contribution in [2.75, 3.05) is 6.54 Å². The van der Waals surface area contributed by atoms with E-state index in [2.05, 4.69) is 10.6 Å². The molecule has 212 valence electrons. The smallest absolute Gasteiger partial charge is 0.252 e. The molecule has 0 aliphatic rings. The fraction of sp³-hybridized carbons (Fsp3) is 0.135. The number of carbonyl (C=O) groups is 2. The van der Waals surface area contributed by atoms with Gasteiger partial charge in [0.2, 0.25) is 0 Å². The molecule has 43 heavy (non-hydrogen) atoms. The van der Waals surface area contributed by atoms with Crippen LogP contribution in [0, 0.1) is 13.8 Å². The second-order valence-electron chi connectivity index (χ2n) is 10.8. The predicted molar refractivity (Wildman–Crippen MR) is 173 cm³/mol. The van der Waals surface area contributed by atoms with Crippen molar-refractivity contribution in [3.05, 3.63) is 131 Å². The maximum absolute atomic E-state index is 13.8. The van der Waals surface area contributed by atoms with Gasteiger partial charge in [-0.3, -0.25) is 9.59 Å². The van der Waals surface area contributed by atoms with E-state index >= 15 is 0 Å². The zero-order chi connectivity index (χ0) is 29.9. The van der Waals surface area contributed by atoms with Gasteiger partial charge in [-0.05, 0) is 44.0 Å². The average molecular weight is 565 g/mol. The molecule has 0 radical (unpaired) electrons. The van der Waals surface area contributed by atoms with Crippen molar-refractivity contribution in [3.8, 4) is 22.5 Å². The van der Waals surface area contributed by atoms with E-state index in [0.29, 0.717) is 11.1 Å². The van der Waals surface area contributed by atoms with Crippen molar-refractivity contribution < 1.29 is 9.59 Å². The average Bonchev–Trinajstić information content (AvgIpc) is 3.03. The first-order valence-electron chi connectivity index (χ1n) is 14.4. The van der Waals surface area contributed by atoms with Gasteiger partial charge < -0.3 is 10.6 Å². The number of nitrogens with one attached hydrogen (secondary N) is 2. The van der Waals surface area contributed by atoms with Crippen LogP contribution in [0.15, 0.2) is 109 Å². The molecule has 2 amide bonds. The Balaban J connectivity index is 1.26. The van der Waals surface area contributed by atoms with Crippen LogP contribution in [0.1, 0.15) is 38.8 Å². The van der Waals surface area contributed by atoms with Crippen LogP contribution in [0.3, 0.4) is 0 Å². The van der Waals surface area contributed by atoms with Gasteiger partial charge >= 0.3 is 0 Å². The molecule has 6 aromatic rings. The van der Waals surface area contributed by atoms with Gasteiger partial charge in [-0.15, -0.1) is 0 Å². The molecule has 2 aromatic heterocycles. The Bertz CT molecular complexity index is 1970. The van der Waals surface area contributed by atoms with Crippen molar-refractivity contribution >= 4 is 33.6 Å². The lowest BCUT2D eigenvalue weighted by Crippen LogP contribution is -2.42. The van der Waals surface area contributed by atoms with Gasteiger partial charge in [0, 0.05) is 34.5 Å². The zero-order valence-corrected chi connectivity index (χ0v) is 24.4. The summed E-state index contributed by atoms with van der Waals surface area (Å²) in [6, 6.07) is 34.8. The third kappa shape index (κ3) is 5.47. The quantitative estimate of drug-likeness (QED) is 0.213. The number of para-hydroxylation sites is 2. The fourth-order valence-corrected chi connectivity index (χ4v) is 5.64. The number of fused-ring (bicyclic) bond motifs is 2. The topological polar surface area (TPSA) is 84.0 Å². The zero-order valence-electron chi connectivity index (χ0n) is 24.4. The summed E-state index contributed by atoms with van der Waals surface area (Å²) in [5.74, 6) is -0.404. The maximum atomic E-state index is 13.8. The first-order chi connectivity index (χ1) is 20.9. The molecular formula is C37H32N4O2. The van der Waals surface area contributed by atoms with E-state index in [0.717, 1.165) is 55.4 Å². The van der Waals surface area contributed by atoms with Crippen molar-refractivity contribution in [2.45, 2.75) is 26.8 Å². The molecule has 1 unspecified atom stereocenters. The normalized spacial score (nSPS) is 11.8. The number of amides is 2. The molecule has 0 bridgehead atoms. The SMILES string of the molecule is Cc1c(-c2ccccc2)nc2ccccc2c1C(=O)NCC(C)NC(=O)c1c(C)c(-c2ccccc2)nc2ccccc12. The second-order valence-corrected chi connectivity index (χ2v) is 10.8. The number of rotatable bonds is 7. The molecule has 0 fully saturated rings. The lowest BCUT2D eigenvalue weighted by atomic mass is 9.97. The Morgan fingerprint density at radius 2 is 1.02 bits per heavy atom. The van der Waals surface area contributed by atoms with Crippen LogP contribution >= 0.6 is 0 Å². The number of nitrogens with zero attached hydrogens (tertiary/aromatic N) is 2. The molecular weight excluding hydrogens is 532 g/mol. The van der Waals surface area contributed by atoms with E-state index in [-0.39, 0.29) is 24.4 Å². The summed E-state index contributed by atoms with van der Waals surface area (Å²) in [4.78, 5) is 37.2. The van der Waals surface area contributed by atoms with Crippen molar-refractivity contribution in [1.29, 1.82) is 0 Å². The van der Waals surface area contributed by atoms with E-state index < -0.39 is 0 Å². The van der Waals surface area contributed by atoms with Gasteiger partial charge in [-0.2, -0.15) is 0 Å². The van der Waals surface area contributed by atoms with Crippen LogP contribution in [0.25, 0.3) is 44.3 Å². The van der Waals surface area contributed by atoms with Crippen LogP contribution in [0.4, 0.5) is 0 Å². The minimum Gasteiger partial charge on any atom is -0.350 e. The van der Waals surface area contributed by atoms with Crippen LogP contribution in [0.5, 0.6) is 0 Å². The lowest BCUT2D eigenvalue weighted by molar-refractivity contribution is 0.0913. The number of benzene rings is 4. The van der Waals surface area contributed by atoms with Gasteiger partial charge in [0.15, 0.2) is 0 Å². The molecule has 0 aliphatic carbocycles. The second kappa shape index (κ2) is 11.9. The van der Waals surface area contributed by atoms with Gasteiger partial charge in [-0.1, -0.05) is 97.1 Å². The molecule has 6 rings (SSSR count). The number of hydrogen-bond acceptors (Lipinski definition) is 4. The Morgan fingerprint density at radius 3 is 1.51 bits per heavy atom. The van der Waals surface area contributed by atoms with Crippen LogP contribution in [-0.2, 0) is 0 Å². The molecule has 6 nitrogen and oxygen atoms in total. The molecule has 2 N–H and O–H groups in total. The summed E-state index contributed by atoms with van der Waals surface area (Å²) in [6.07, 6.45) is 0. The Labute approximate surface area is 250 Å².